The highest BCUT2D eigenvalue weighted by Gasteiger charge is 2.22. The summed E-state index contributed by atoms with van der Waals surface area (Å²) in [6.07, 6.45) is 0. The van der Waals surface area contributed by atoms with Gasteiger partial charge in [0.05, 0.1) is 12.0 Å². The predicted molar refractivity (Wildman–Crippen MR) is 49.6 cm³/mol. The molecule has 0 spiro atoms. The fourth-order valence-electron chi connectivity index (χ4n) is 1.35. The molecule has 3 heteroatoms. The molecule has 14 heavy (non-hydrogen) atoms. The van der Waals surface area contributed by atoms with E-state index in [1.54, 1.807) is 13.8 Å². The first-order valence-corrected chi connectivity index (χ1v) is 4.41. The zero-order valence-electron chi connectivity index (χ0n) is 8.09. The van der Waals surface area contributed by atoms with Gasteiger partial charge in [0.15, 0.2) is 0 Å². The Labute approximate surface area is 82.0 Å². The number of nitrogens with zero attached hydrogens (tertiary/aromatic N) is 1. The first-order valence-electron chi connectivity index (χ1n) is 4.41. The van der Waals surface area contributed by atoms with Gasteiger partial charge in [-0.15, -0.1) is 0 Å². The molecule has 0 amide bonds. The lowest BCUT2D eigenvalue weighted by molar-refractivity contribution is 0.498. The molecule has 0 aliphatic heterocycles. The molecule has 0 aliphatic carbocycles. The molecule has 1 aromatic carbocycles. The second-order valence-corrected chi connectivity index (χ2v) is 3.49. The van der Waals surface area contributed by atoms with E-state index in [1.165, 1.54) is 18.2 Å². The molecular weight excluding hydrogens is 184 g/mol. The number of hydrogen-bond donors (Lipinski definition) is 0. The van der Waals surface area contributed by atoms with Crippen LogP contribution in [-0.2, 0) is 0 Å². The number of benzene rings is 1. The normalized spacial score (nSPS) is 12.6. The van der Waals surface area contributed by atoms with E-state index in [0.29, 0.717) is 0 Å². The Bertz CT molecular complexity index is 346. The van der Waals surface area contributed by atoms with Gasteiger partial charge in [0.25, 0.3) is 0 Å². The van der Waals surface area contributed by atoms with E-state index in [0.717, 1.165) is 0 Å². The van der Waals surface area contributed by atoms with Gasteiger partial charge < -0.3 is 0 Å². The summed E-state index contributed by atoms with van der Waals surface area (Å²) >= 11 is 0. The molecule has 0 N–H and O–H groups in total. The molecule has 74 valence electrons. The Morgan fingerprint density at radius 3 is 2.07 bits per heavy atom. The maximum Gasteiger partial charge on any atom is 0.130 e. The van der Waals surface area contributed by atoms with E-state index in [2.05, 4.69) is 0 Å². The van der Waals surface area contributed by atoms with Crippen molar-refractivity contribution in [2.24, 2.45) is 5.92 Å². The molecule has 0 radical (unpaired) electrons. The van der Waals surface area contributed by atoms with Crippen LogP contribution < -0.4 is 0 Å². The highest BCUT2D eigenvalue weighted by molar-refractivity contribution is 5.28. The Balaban J connectivity index is 3.24. The van der Waals surface area contributed by atoms with Crippen molar-refractivity contribution in [3.05, 3.63) is 35.4 Å². The van der Waals surface area contributed by atoms with Crippen LogP contribution in [0.15, 0.2) is 18.2 Å². The maximum atomic E-state index is 13.3. The molecule has 0 saturated heterocycles. The standard InChI is InChI=1S/C11H11F2N/c1-7(2)8(6-14)11-9(12)4-3-5-10(11)13/h3-5,7-8H,1-2H3. The number of hydrogen-bond acceptors (Lipinski definition) is 1. The van der Waals surface area contributed by atoms with Crippen LogP contribution in [0.4, 0.5) is 8.78 Å². The molecule has 1 rings (SSSR count). The smallest absolute Gasteiger partial charge is 0.130 e. The van der Waals surface area contributed by atoms with Gasteiger partial charge >= 0.3 is 0 Å². The highest BCUT2D eigenvalue weighted by Crippen LogP contribution is 2.28. The molecule has 0 aliphatic rings. The van der Waals surface area contributed by atoms with Gasteiger partial charge in [-0.1, -0.05) is 19.9 Å². The SMILES string of the molecule is CC(C)C(C#N)c1c(F)cccc1F. The first-order chi connectivity index (χ1) is 6.57. The number of halogens is 2. The molecule has 0 saturated carbocycles. The number of rotatable bonds is 2. The molecular formula is C11H11F2N. The van der Waals surface area contributed by atoms with E-state index in [-0.39, 0.29) is 11.5 Å². The Kier molecular flexibility index (Phi) is 3.19. The van der Waals surface area contributed by atoms with E-state index in [9.17, 15) is 8.78 Å². The zero-order valence-corrected chi connectivity index (χ0v) is 8.09. The summed E-state index contributed by atoms with van der Waals surface area (Å²) in [4.78, 5) is 0. The molecule has 0 bridgehead atoms. The van der Waals surface area contributed by atoms with Crippen LogP contribution in [0.2, 0.25) is 0 Å². The van der Waals surface area contributed by atoms with Crippen LogP contribution in [0.3, 0.4) is 0 Å². The van der Waals surface area contributed by atoms with Gasteiger partial charge in [0.1, 0.15) is 11.6 Å². The van der Waals surface area contributed by atoms with Crippen molar-refractivity contribution >= 4 is 0 Å². The summed E-state index contributed by atoms with van der Waals surface area (Å²) in [7, 11) is 0. The lowest BCUT2D eigenvalue weighted by atomic mass is 9.89. The van der Waals surface area contributed by atoms with Gasteiger partial charge in [-0.2, -0.15) is 5.26 Å². The van der Waals surface area contributed by atoms with E-state index < -0.39 is 17.6 Å². The van der Waals surface area contributed by atoms with Crippen LogP contribution in [0.5, 0.6) is 0 Å². The van der Waals surface area contributed by atoms with Crippen LogP contribution in [-0.4, -0.2) is 0 Å². The van der Waals surface area contributed by atoms with Crippen molar-refractivity contribution in [3.8, 4) is 6.07 Å². The van der Waals surface area contributed by atoms with Crippen molar-refractivity contribution in [3.63, 3.8) is 0 Å². The molecule has 1 atom stereocenters. The molecule has 1 unspecified atom stereocenters. The van der Waals surface area contributed by atoms with Crippen molar-refractivity contribution in [2.75, 3.05) is 0 Å². The van der Waals surface area contributed by atoms with Crippen LogP contribution in [0.1, 0.15) is 25.3 Å². The average molecular weight is 195 g/mol. The third kappa shape index (κ3) is 1.90. The highest BCUT2D eigenvalue weighted by atomic mass is 19.1. The van der Waals surface area contributed by atoms with Crippen molar-refractivity contribution in [2.45, 2.75) is 19.8 Å². The van der Waals surface area contributed by atoms with Crippen LogP contribution in [0, 0.1) is 28.9 Å². The van der Waals surface area contributed by atoms with Gasteiger partial charge in [-0.25, -0.2) is 8.78 Å². The van der Waals surface area contributed by atoms with E-state index >= 15 is 0 Å². The van der Waals surface area contributed by atoms with E-state index in [4.69, 9.17) is 5.26 Å². The van der Waals surface area contributed by atoms with Gasteiger partial charge in [-0.3, -0.25) is 0 Å². The third-order valence-electron chi connectivity index (χ3n) is 2.12. The summed E-state index contributed by atoms with van der Waals surface area (Å²) in [5.41, 5.74) is -0.120. The summed E-state index contributed by atoms with van der Waals surface area (Å²) in [6.45, 7) is 3.53. The monoisotopic (exact) mass is 195 g/mol. The van der Waals surface area contributed by atoms with E-state index in [1.807, 2.05) is 6.07 Å². The lowest BCUT2D eigenvalue weighted by Crippen LogP contribution is -2.08. The van der Waals surface area contributed by atoms with Crippen LogP contribution >= 0.6 is 0 Å². The topological polar surface area (TPSA) is 23.8 Å². The minimum Gasteiger partial charge on any atom is -0.207 e. The van der Waals surface area contributed by atoms with Crippen molar-refractivity contribution in [1.29, 1.82) is 5.26 Å². The van der Waals surface area contributed by atoms with Gasteiger partial charge in [-0.05, 0) is 18.1 Å². The lowest BCUT2D eigenvalue weighted by Gasteiger charge is -2.14. The second-order valence-electron chi connectivity index (χ2n) is 3.49. The minimum absolute atomic E-state index is 0.105. The van der Waals surface area contributed by atoms with Crippen molar-refractivity contribution in [1.82, 2.24) is 0 Å². The Morgan fingerprint density at radius 1 is 1.21 bits per heavy atom. The average Bonchev–Trinajstić information content (AvgIpc) is 2.10. The van der Waals surface area contributed by atoms with Crippen LogP contribution in [0.25, 0.3) is 0 Å². The number of nitriles is 1. The third-order valence-corrected chi connectivity index (χ3v) is 2.12. The van der Waals surface area contributed by atoms with Gasteiger partial charge in [0.2, 0.25) is 0 Å². The summed E-state index contributed by atoms with van der Waals surface area (Å²) in [5.74, 6) is -2.13. The zero-order chi connectivity index (χ0) is 10.7. The quantitative estimate of drug-likeness (QED) is 0.710. The van der Waals surface area contributed by atoms with Crippen molar-refractivity contribution < 1.29 is 8.78 Å². The fourth-order valence-corrected chi connectivity index (χ4v) is 1.35. The maximum absolute atomic E-state index is 13.3. The second kappa shape index (κ2) is 4.19. The summed E-state index contributed by atoms with van der Waals surface area (Å²) in [5, 5.41) is 8.82. The molecule has 0 heterocycles. The predicted octanol–water partition coefficient (Wildman–Crippen LogP) is 3.23. The Morgan fingerprint density at radius 2 is 1.71 bits per heavy atom. The largest absolute Gasteiger partial charge is 0.207 e. The minimum atomic E-state index is -0.726. The summed E-state index contributed by atoms with van der Waals surface area (Å²) < 4.78 is 26.5. The Hall–Kier alpha value is -1.43. The molecule has 0 aromatic heterocycles. The summed E-state index contributed by atoms with van der Waals surface area (Å²) in [6, 6.07) is 5.56. The molecule has 1 nitrogen and oxygen atoms in total. The first kappa shape index (κ1) is 10.6. The fraction of sp³-hybridized carbons (Fsp3) is 0.364. The molecule has 1 aromatic rings. The van der Waals surface area contributed by atoms with Gasteiger partial charge in [0, 0.05) is 5.56 Å². The molecule has 0 fully saturated rings.